The maximum Gasteiger partial charge on any atom is 0.229 e. The van der Waals surface area contributed by atoms with Crippen LogP contribution in [-0.4, -0.2) is 24.5 Å². The van der Waals surface area contributed by atoms with Gasteiger partial charge in [-0.3, -0.25) is 9.40 Å². The van der Waals surface area contributed by atoms with Gasteiger partial charge < -0.3 is 0 Å². The van der Waals surface area contributed by atoms with Crippen molar-refractivity contribution in [3.8, 4) is 0 Å². The number of hydrogen-bond acceptors (Lipinski definition) is 3. The minimum absolute atomic E-state index is 0.560. The fraction of sp³-hybridized carbons (Fsp3) is 0.300. The molecule has 6 heteroatoms. The van der Waals surface area contributed by atoms with Crippen LogP contribution in [0.1, 0.15) is 6.92 Å². The number of fused-ring (bicyclic) bond motifs is 1. The fourth-order valence-corrected chi connectivity index (χ4v) is 2.16. The highest BCUT2D eigenvalue weighted by molar-refractivity contribution is 7.92. The molecule has 1 heterocycles. The lowest BCUT2D eigenvalue weighted by molar-refractivity contribution is 0.607. The number of nitrogens with zero attached hydrogens (tertiary/aromatic N) is 2. The minimum atomic E-state index is -3.23. The molecule has 86 valence electrons. The summed E-state index contributed by atoms with van der Waals surface area (Å²) in [6, 6.07) is 5.36. The van der Waals surface area contributed by atoms with E-state index in [1.54, 1.807) is 18.3 Å². The smallest absolute Gasteiger partial charge is 0.229 e. The summed E-state index contributed by atoms with van der Waals surface area (Å²) in [5.41, 5.74) is 1.49. The first-order chi connectivity index (χ1) is 7.49. The Balaban J connectivity index is 2.49. The monoisotopic (exact) mass is 239 g/mol. The van der Waals surface area contributed by atoms with Crippen molar-refractivity contribution in [2.75, 3.05) is 11.0 Å². The average molecular weight is 239 g/mol. The third kappa shape index (κ3) is 2.16. The summed E-state index contributed by atoms with van der Waals surface area (Å²) in [5.74, 6) is 0. The molecule has 0 unspecified atom stereocenters. The minimum Gasteiger partial charge on any atom is -0.284 e. The highest BCUT2D eigenvalue weighted by Crippen LogP contribution is 2.19. The Labute approximate surface area is 94.1 Å². The number of rotatable bonds is 3. The highest BCUT2D eigenvalue weighted by atomic mass is 32.2. The highest BCUT2D eigenvalue weighted by Gasteiger charge is 2.05. The first-order valence-electron chi connectivity index (χ1n) is 4.93. The summed E-state index contributed by atoms with van der Waals surface area (Å²) in [6.45, 7) is 2.74. The summed E-state index contributed by atoms with van der Waals surface area (Å²) in [6.07, 6.45) is 2.90. The molecule has 5 nitrogen and oxygen atoms in total. The molecule has 1 aromatic carbocycles. The van der Waals surface area contributed by atoms with E-state index < -0.39 is 10.0 Å². The quantitative estimate of drug-likeness (QED) is 0.881. The molecule has 0 saturated heterocycles. The van der Waals surface area contributed by atoms with Gasteiger partial charge in [0.05, 0.1) is 23.7 Å². The Kier molecular flexibility index (Phi) is 2.59. The van der Waals surface area contributed by atoms with E-state index in [2.05, 4.69) is 9.82 Å². The number of benzene rings is 1. The maximum atomic E-state index is 11.1. The lowest BCUT2D eigenvalue weighted by Gasteiger charge is -2.04. The molecule has 0 aliphatic heterocycles. The molecule has 2 aromatic rings. The van der Waals surface area contributed by atoms with Crippen LogP contribution in [0, 0.1) is 0 Å². The van der Waals surface area contributed by atoms with Crippen LogP contribution < -0.4 is 4.72 Å². The van der Waals surface area contributed by atoms with Gasteiger partial charge in [-0.1, -0.05) is 0 Å². The number of anilines is 1. The molecule has 1 N–H and O–H groups in total. The third-order valence-electron chi connectivity index (χ3n) is 2.25. The Bertz CT molecular complexity index is 616. The van der Waals surface area contributed by atoms with Crippen LogP contribution in [0.3, 0.4) is 0 Å². The second-order valence-electron chi connectivity index (χ2n) is 3.61. The predicted octanol–water partition coefficient (Wildman–Crippen LogP) is 1.43. The van der Waals surface area contributed by atoms with Crippen molar-refractivity contribution in [2.45, 2.75) is 13.5 Å². The third-order valence-corrected chi connectivity index (χ3v) is 2.85. The lowest BCUT2D eigenvalue weighted by atomic mass is 10.2. The molecular formula is C10H13N3O2S. The zero-order chi connectivity index (χ0) is 11.8. The van der Waals surface area contributed by atoms with Crippen LogP contribution in [-0.2, 0) is 16.6 Å². The molecule has 0 aliphatic carbocycles. The topological polar surface area (TPSA) is 64.0 Å². The maximum absolute atomic E-state index is 11.1. The zero-order valence-electron chi connectivity index (χ0n) is 9.14. The van der Waals surface area contributed by atoms with Gasteiger partial charge in [-0.05, 0) is 25.1 Å². The molecule has 16 heavy (non-hydrogen) atoms. The Morgan fingerprint density at radius 1 is 1.44 bits per heavy atom. The Hall–Kier alpha value is -1.56. The molecule has 0 fully saturated rings. The van der Waals surface area contributed by atoms with E-state index in [0.29, 0.717) is 5.69 Å². The van der Waals surface area contributed by atoms with Crippen LogP contribution in [0.5, 0.6) is 0 Å². The van der Waals surface area contributed by atoms with Gasteiger partial charge in [0.25, 0.3) is 0 Å². The first-order valence-corrected chi connectivity index (χ1v) is 6.82. The number of aryl methyl sites for hydroxylation is 1. The van der Waals surface area contributed by atoms with Gasteiger partial charge in [-0.2, -0.15) is 5.10 Å². The Morgan fingerprint density at radius 3 is 2.81 bits per heavy atom. The van der Waals surface area contributed by atoms with Crippen LogP contribution >= 0.6 is 0 Å². The van der Waals surface area contributed by atoms with E-state index in [9.17, 15) is 8.42 Å². The standard InChI is InChI=1S/C10H13N3O2S/c1-3-13-10-6-9(12-16(2,14)15)5-4-8(10)7-11-13/h4-7,12H,3H2,1-2H3. The molecule has 0 spiro atoms. The van der Waals surface area contributed by atoms with Gasteiger partial charge in [0, 0.05) is 11.9 Å². The van der Waals surface area contributed by atoms with Gasteiger partial charge in [0.1, 0.15) is 0 Å². The van der Waals surface area contributed by atoms with E-state index >= 15 is 0 Å². The molecule has 1 aromatic heterocycles. The Morgan fingerprint density at radius 2 is 2.19 bits per heavy atom. The van der Waals surface area contributed by atoms with Crippen molar-refractivity contribution in [3.05, 3.63) is 24.4 Å². The predicted molar refractivity (Wildman–Crippen MR) is 63.9 cm³/mol. The van der Waals surface area contributed by atoms with E-state index in [1.165, 1.54) is 0 Å². The number of nitrogens with one attached hydrogen (secondary N) is 1. The van der Waals surface area contributed by atoms with Crippen LogP contribution in [0.15, 0.2) is 24.4 Å². The second kappa shape index (κ2) is 3.79. The van der Waals surface area contributed by atoms with Gasteiger partial charge in [-0.25, -0.2) is 8.42 Å². The van der Waals surface area contributed by atoms with Crippen molar-refractivity contribution < 1.29 is 8.42 Å². The molecular weight excluding hydrogens is 226 g/mol. The molecule has 2 rings (SSSR count). The molecule has 0 amide bonds. The summed E-state index contributed by atoms with van der Waals surface area (Å²) in [7, 11) is -3.23. The summed E-state index contributed by atoms with van der Waals surface area (Å²) in [4.78, 5) is 0. The van der Waals surface area contributed by atoms with E-state index in [1.807, 2.05) is 17.7 Å². The van der Waals surface area contributed by atoms with Gasteiger partial charge in [-0.15, -0.1) is 0 Å². The molecule has 0 radical (unpaired) electrons. The second-order valence-corrected chi connectivity index (χ2v) is 5.36. The number of aromatic nitrogens is 2. The molecule has 0 atom stereocenters. The fourth-order valence-electron chi connectivity index (χ4n) is 1.60. The number of hydrogen-bond donors (Lipinski definition) is 1. The van der Waals surface area contributed by atoms with E-state index in [-0.39, 0.29) is 0 Å². The molecule has 0 aliphatic rings. The zero-order valence-corrected chi connectivity index (χ0v) is 9.95. The summed E-state index contributed by atoms with van der Waals surface area (Å²) in [5, 5.41) is 5.19. The van der Waals surface area contributed by atoms with Crippen LogP contribution in [0.4, 0.5) is 5.69 Å². The van der Waals surface area contributed by atoms with E-state index in [0.717, 1.165) is 23.7 Å². The largest absolute Gasteiger partial charge is 0.284 e. The first kappa shape index (κ1) is 10.9. The van der Waals surface area contributed by atoms with Gasteiger partial charge >= 0.3 is 0 Å². The van der Waals surface area contributed by atoms with Crippen molar-refractivity contribution >= 4 is 26.6 Å². The van der Waals surface area contributed by atoms with Crippen LogP contribution in [0.2, 0.25) is 0 Å². The van der Waals surface area contributed by atoms with Crippen molar-refractivity contribution in [1.29, 1.82) is 0 Å². The van der Waals surface area contributed by atoms with E-state index in [4.69, 9.17) is 0 Å². The van der Waals surface area contributed by atoms with Gasteiger partial charge in [0.15, 0.2) is 0 Å². The number of sulfonamides is 1. The average Bonchev–Trinajstić information content (AvgIpc) is 2.57. The van der Waals surface area contributed by atoms with Crippen molar-refractivity contribution in [2.24, 2.45) is 0 Å². The van der Waals surface area contributed by atoms with Crippen molar-refractivity contribution in [1.82, 2.24) is 9.78 Å². The van der Waals surface area contributed by atoms with Crippen molar-refractivity contribution in [3.63, 3.8) is 0 Å². The van der Waals surface area contributed by atoms with Gasteiger partial charge in [0.2, 0.25) is 10.0 Å². The summed E-state index contributed by atoms with van der Waals surface area (Å²) < 4.78 is 26.5. The molecule has 0 bridgehead atoms. The normalized spacial score (nSPS) is 11.9. The lowest BCUT2D eigenvalue weighted by Crippen LogP contribution is -2.09. The molecule has 0 saturated carbocycles. The SMILES string of the molecule is CCn1ncc2ccc(NS(C)(=O)=O)cc21. The van der Waals surface area contributed by atoms with Crippen LogP contribution in [0.25, 0.3) is 10.9 Å². The summed E-state index contributed by atoms with van der Waals surface area (Å²) >= 11 is 0.